The summed E-state index contributed by atoms with van der Waals surface area (Å²) in [4.78, 5) is 27.6. The first-order chi connectivity index (χ1) is 16.3. The highest BCUT2D eigenvalue weighted by Gasteiger charge is 2.38. The Labute approximate surface area is 219 Å². The summed E-state index contributed by atoms with van der Waals surface area (Å²) in [5, 5.41) is 0. The Kier molecular flexibility index (Phi) is 6.50. The molecule has 0 bridgehead atoms. The van der Waals surface area contributed by atoms with Crippen LogP contribution in [-0.4, -0.2) is 11.6 Å². The van der Waals surface area contributed by atoms with E-state index in [2.05, 4.69) is 31.9 Å². The molecule has 2 nitrogen and oxygen atoms in total. The maximum absolute atomic E-state index is 16.1. The summed E-state index contributed by atoms with van der Waals surface area (Å²) in [7, 11) is 0. The van der Waals surface area contributed by atoms with Crippen LogP contribution in [-0.2, 0) is 0 Å². The van der Waals surface area contributed by atoms with Crippen LogP contribution in [0.25, 0.3) is 0 Å². The normalized spacial score (nSPS) is 12.5. The predicted molar refractivity (Wildman–Crippen MR) is 136 cm³/mol. The summed E-state index contributed by atoms with van der Waals surface area (Å²) in [6.07, 6.45) is 0. The van der Waals surface area contributed by atoms with E-state index in [9.17, 15) is 9.59 Å². The lowest BCUT2D eigenvalue weighted by Gasteiger charge is -2.22. The van der Waals surface area contributed by atoms with E-state index in [4.69, 9.17) is 0 Å². The van der Waals surface area contributed by atoms with Gasteiger partial charge < -0.3 is 0 Å². The molecule has 0 fully saturated rings. The van der Waals surface area contributed by atoms with Gasteiger partial charge in [-0.3, -0.25) is 9.59 Å². The third-order valence-electron chi connectivity index (χ3n) is 5.23. The number of halogens is 4. The summed E-state index contributed by atoms with van der Waals surface area (Å²) in [6.45, 7) is 0. The zero-order valence-electron chi connectivity index (χ0n) is 17.1. The topological polar surface area (TPSA) is 34.1 Å². The molecule has 0 atom stereocenters. The first kappa shape index (κ1) is 23.5. The monoisotopic (exact) mass is 616 g/mol. The molecule has 0 unspecified atom stereocenters. The number of benzene rings is 4. The number of carbonyl (C=O) groups excluding carboxylic acids is 2. The average molecular weight is 618 g/mol. The number of fused-ring (bicyclic) bond motifs is 2. The molecule has 0 saturated heterocycles. The average Bonchev–Trinajstić information content (AvgIpc) is 2.84. The standard InChI is InChI=1S/C26H12Br2F2O2S2/c27-13-5-9-15(10-6-13)33-25-21(29)19-20(24(32)18-4-2-1-3-17(18)23(19)31)22(30)26(25)34-16-11-7-14(28)8-12-16/h1-12H. The van der Waals surface area contributed by atoms with E-state index in [1.165, 1.54) is 12.1 Å². The van der Waals surface area contributed by atoms with Crippen LogP contribution >= 0.6 is 55.4 Å². The van der Waals surface area contributed by atoms with Crippen molar-refractivity contribution in [2.45, 2.75) is 19.6 Å². The van der Waals surface area contributed by atoms with Gasteiger partial charge in [-0.15, -0.1) is 0 Å². The van der Waals surface area contributed by atoms with Gasteiger partial charge in [-0.25, -0.2) is 8.78 Å². The van der Waals surface area contributed by atoms with E-state index in [1.807, 2.05) is 0 Å². The molecular weight excluding hydrogens is 606 g/mol. The molecule has 0 aliphatic heterocycles. The molecule has 4 aromatic carbocycles. The van der Waals surface area contributed by atoms with E-state index in [0.29, 0.717) is 9.79 Å². The molecule has 0 radical (unpaired) electrons. The van der Waals surface area contributed by atoms with Crippen molar-refractivity contribution < 1.29 is 18.4 Å². The second-order valence-electron chi connectivity index (χ2n) is 7.35. The second-order valence-corrected chi connectivity index (χ2v) is 11.4. The third-order valence-corrected chi connectivity index (χ3v) is 8.61. The van der Waals surface area contributed by atoms with Crippen LogP contribution in [0, 0.1) is 11.6 Å². The third kappa shape index (κ3) is 4.17. The number of carbonyl (C=O) groups is 2. The second kappa shape index (κ2) is 9.41. The van der Waals surface area contributed by atoms with E-state index in [1.54, 1.807) is 60.7 Å². The zero-order chi connectivity index (χ0) is 24.0. The molecule has 1 aliphatic rings. The van der Waals surface area contributed by atoms with Crippen LogP contribution in [0.15, 0.2) is 101 Å². The van der Waals surface area contributed by atoms with Crippen LogP contribution in [0.4, 0.5) is 8.78 Å². The van der Waals surface area contributed by atoms with Gasteiger partial charge in [-0.2, -0.15) is 0 Å². The Bertz CT molecular complexity index is 1360. The first-order valence-corrected chi connectivity index (χ1v) is 13.2. The highest BCUT2D eigenvalue weighted by Crippen LogP contribution is 2.46. The number of rotatable bonds is 4. The smallest absolute Gasteiger partial charge is 0.197 e. The Morgan fingerprint density at radius 1 is 0.559 bits per heavy atom. The SMILES string of the molecule is O=C1c2ccccc2C(=O)c2c(F)c(Sc3ccc(Br)cc3)c(Sc3ccc(Br)cc3)c(F)c21. The maximum Gasteiger partial charge on any atom is 0.197 e. The van der Waals surface area contributed by atoms with Crippen molar-refractivity contribution in [3.05, 3.63) is 116 Å². The molecule has 1 aliphatic carbocycles. The Balaban J connectivity index is 1.74. The van der Waals surface area contributed by atoms with Crippen molar-refractivity contribution in [3.63, 3.8) is 0 Å². The molecular formula is C26H12Br2F2O2S2. The van der Waals surface area contributed by atoms with Gasteiger partial charge in [0.15, 0.2) is 11.6 Å². The van der Waals surface area contributed by atoms with Gasteiger partial charge in [0.25, 0.3) is 0 Å². The van der Waals surface area contributed by atoms with E-state index < -0.39 is 34.3 Å². The van der Waals surface area contributed by atoms with Crippen molar-refractivity contribution >= 4 is 67.0 Å². The molecule has 0 amide bonds. The van der Waals surface area contributed by atoms with Crippen LogP contribution in [0.3, 0.4) is 0 Å². The lowest BCUT2D eigenvalue weighted by atomic mass is 9.83. The van der Waals surface area contributed by atoms with Crippen LogP contribution in [0.1, 0.15) is 31.8 Å². The largest absolute Gasteiger partial charge is 0.288 e. The van der Waals surface area contributed by atoms with Crippen molar-refractivity contribution in [2.24, 2.45) is 0 Å². The van der Waals surface area contributed by atoms with E-state index in [-0.39, 0.29) is 20.9 Å². The van der Waals surface area contributed by atoms with Gasteiger partial charge >= 0.3 is 0 Å². The summed E-state index contributed by atoms with van der Waals surface area (Å²) in [5.74, 6) is -3.17. The van der Waals surface area contributed by atoms with Crippen molar-refractivity contribution in [1.29, 1.82) is 0 Å². The molecule has 8 heteroatoms. The fraction of sp³-hybridized carbons (Fsp3) is 0. The Morgan fingerprint density at radius 3 is 1.26 bits per heavy atom. The molecule has 0 spiro atoms. The van der Waals surface area contributed by atoms with Gasteiger partial charge in [0, 0.05) is 29.9 Å². The van der Waals surface area contributed by atoms with E-state index in [0.717, 1.165) is 32.5 Å². The van der Waals surface area contributed by atoms with Crippen LogP contribution < -0.4 is 0 Å². The Hall–Kier alpha value is -2.26. The minimum absolute atomic E-state index is 0.0352. The van der Waals surface area contributed by atoms with E-state index >= 15 is 8.78 Å². The lowest BCUT2D eigenvalue weighted by Crippen LogP contribution is -2.25. The first-order valence-electron chi connectivity index (χ1n) is 9.95. The molecule has 168 valence electrons. The molecule has 5 rings (SSSR count). The quantitative estimate of drug-likeness (QED) is 0.202. The zero-order valence-corrected chi connectivity index (χ0v) is 21.9. The summed E-state index contributed by atoms with van der Waals surface area (Å²) < 4.78 is 33.8. The molecule has 0 saturated carbocycles. The van der Waals surface area contributed by atoms with Crippen LogP contribution in [0.5, 0.6) is 0 Å². The molecule has 34 heavy (non-hydrogen) atoms. The molecule has 0 N–H and O–H groups in total. The molecule has 0 aromatic heterocycles. The minimum atomic E-state index is -0.892. The molecule has 0 heterocycles. The van der Waals surface area contributed by atoms with Crippen molar-refractivity contribution in [2.75, 3.05) is 0 Å². The number of hydrogen-bond donors (Lipinski definition) is 0. The lowest BCUT2D eigenvalue weighted by molar-refractivity contribution is 0.0970. The number of ketones is 2. The summed E-state index contributed by atoms with van der Waals surface area (Å²) >= 11 is 8.76. The van der Waals surface area contributed by atoms with Crippen molar-refractivity contribution in [3.8, 4) is 0 Å². The molecule has 4 aromatic rings. The summed E-state index contributed by atoms with van der Waals surface area (Å²) in [5.41, 5.74) is -0.876. The van der Waals surface area contributed by atoms with Gasteiger partial charge in [0.1, 0.15) is 11.6 Å². The fourth-order valence-electron chi connectivity index (χ4n) is 3.64. The van der Waals surface area contributed by atoms with Crippen LogP contribution in [0.2, 0.25) is 0 Å². The highest BCUT2D eigenvalue weighted by molar-refractivity contribution is 9.10. The summed E-state index contributed by atoms with van der Waals surface area (Å²) in [6, 6.07) is 20.3. The minimum Gasteiger partial charge on any atom is -0.288 e. The highest BCUT2D eigenvalue weighted by atomic mass is 79.9. The van der Waals surface area contributed by atoms with Gasteiger partial charge in [-0.05, 0) is 48.5 Å². The number of hydrogen-bond acceptors (Lipinski definition) is 4. The Morgan fingerprint density at radius 2 is 0.912 bits per heavy atom. The van der Waals surface area contributed by atoms with Gasteiger partial charge in [-0.1, -0.05) is 79.6 Å². The van der Waals surface area contributed by atoms with Crippen molar-refractivity contribution in [1.82, 2.24) is 0 Å². The van der Waals surface area contributed by atoms with Gasteiger partial charge in [0.2, 0.25) is 0 Å². The predicted octanol–water partition coefficient (Wildman–Crippen LogP) is 8.57. The van der Waals surface area contributed by atoms with Gasteiger partial charge in [0.05, 0.1) is 20.9 Å². The maximum atomic E-state index is 16.1. The fourth-order valence-corrected chi connectivity index (χ4v) is 6.19.